The number of methoxy groups -OCH3 is 1. The van der Waals surface area contributed by atoms with Crippen LogP contribution in [0.25, 0.3) is 0 Å². The molecule has 2 saturated heterocycles. The van der Waals surface area contributed by atoms with Crippen molar-refractivity contribution in [3.05, 3.63) is 18.2 Å². The van der Waals surface area contributed by atoms with E-state index in [9.17, 15) is 4.79 Å². The van der Waals surface area contributed by atoms with E-state index >= 15 is 0 Å². The lowest BCUT2D eigenvalue weighted by molar-refractivity contribution is -0.136. The summed E-state index contributed by atoms with van der Waals surface area (Å²) in [5.41, 5.74) is 0.0328. The number of hydrogen-bond donors (Lipinski definition) is 0. The number of aromatic nitrogens is 2. The zero-order chi connectivity index (χ0) is 16.3. The summed E-state index contributed by atoms with van der Waals surface area (Å²) in [5.74, 6) is 1.13. The average Bonchev–Trinajstić information content (AvgIpc) is 3.03. The number of likely N-dealkylation sites (tertiary alicyclic amines) is 1. The highest BCUT2D eigenvalue weighted by atomic mass is 16.5. The van der Waals surface area contributed by atoms with E-state index < -0.39 is 0 Å². The van der Waals surface area contributed by atoms with Crippen molar-refractivity contribution in [2.24, 2.45) is 12.5 Å². The predicted molar refractivity (Wildman–Crippen MR) is 84.8 cm³/mol. The first kappa shape index (κ1) is 16.4. The van der Waals surface area contributed by atoms with Gasteiger partial charge in [-0.3, -0.25) is 9.69 Å². The van der Waals surface area contributed by atoms with E-state index in [4.69, 9.17) is 9.47 Å². The Labute approximate surface area is 137 Å². The zero-order valence-electron chi connectivity index (χ0n) is 14.0. The standard InChI is InChI=1S/C16H26N4O3/c1-18-6-4-17-14(18)9-19-5-3-16(11-19)12-20(7-8-23-13-16)15(21)10-22-2/h4,6H,3,5,7-13H2,1-2H3/t16-/m1/s1. The Morgan fingerprint density at radius 1 is 1.43 bits per heavy atom. The highest BCUT2D eigenvalue weighted by molar-refractivity contribution is 5.77. The molecule has 7 nitrogen and oxygen atoms in total. The highest BCUT2D eigenvalue weighted by Gasteiger charge is 2.42. The molecule has 1 aromatic rings. The molecule has 1 amide bonds. The quantitative estimate of drug-likeness (QED) is 0.788. The number of ether oxygens (including phenoxy) is 2. The minimum atomic E-state index is 0.0328. The topological polar surface area (TPSA) is 59.8 Å². The van der Waals surface area contributed by atoms with Crippen molar-refractivity contribution in [2.45, 2.75) is 13.0 Å². The summed E-state index contributed by atoms with van der Waals surface area (Å²) in [5, 5.41) is 0. The molecule has 3 heterocycles. The van der Waals surface area contributed by atoms with Crippen molar-refractivity contribution >= 4 is 5.91 Å². The molecule has 2 fully saturated rings. The summed E-state index contributed by atoms with van der Waals surface area (Å²) < 4.78 is 12.9. The molecule has 7 heteroatoms. The first-order valence-corrected chi connectivity index (χ1v) is 8.15. The smallest absolute Gasteiger partial charge is 0.248 e. The second-order valence-electron chi connectivity index (χ2n) is 6.72. The van der Waals surface area contributed by atoms with Crippen LogP contribution in [0.3, 0.4) is 0 Å². The second kappa shape index (κ2) is 6.98. The van der Waals surface area contributed by atoms with Gasteiger partial charge in [-0.05, 0) is 13.0 Å². The molecule has 0 N–H and O–H groups in total. The molecule has 128 valence electrons. The Balaban J connectivity index is 1.64. The molecular weight excluding hydrogens is 296 g/mol. The first-order valence-electron chi connectivity index (χ1n) is 8.15. The number of amides is 1. The van der Waals surface area contributed by atoms with Crippen LogP contribution in [0.4, 0.5) is 0 Å². The molecule has 1 spiro atoms. The van der Waals surface area contributed by atoms with Crippen molar-refractivity contribution in [1.82, 2.24) is 19.4 Å². The van der Waals surface area contributed by atoms with E-state index in [0.717, 1.165) is 45.0 Å². The number of rotatable bonds is 4. The average molecular weight is 322 g/mol. The lowest BCUT2D eigenvalue weighted by atomic mass is 9.87. The minimum Gasteiger partial charge on any atom is -0.379 e. The zero-order valence-corrected chi connectivity index (χ0v) is 14.0. The summed E-state index contributed by atoms with van der Waals surface area (Å²) in [6.45, 7) is 5.69. The van der Waals surface area contributed by atoms with Crippen molar-refractivity contribution in [1.29, 1.82) is 0 Å². The first-order chi connectivity index (χ1) is 11.1. The van der Waals surface area contributed by atoms with E-state index in [0.29, 0.717) is 13.2 Å². The third-order valence-electron chi connectivity index (χ3n) is 4.86. The van der Waals surface area contributed by atoms with E-state index in [1.165, 1.54) is 0 Å². The predicted octanol–water partition coefficient (Wildman–Crippen LogP) is 0.117. The monoisotopic (exact) mass is 322 g/mol. The molecule has 0 aromatic carbocycles. The van der Waals surface area contributed by atoms with Crippen molar-refractivity contribution in [3.8, 4) is 0 Å². The Morgan fingerprint density at radius 2 is 2.30 bits per heavy atom. The Morgan fingerprint density at radius 3 is 3.04 bits per heavy atom. The summed E-state index contributed by atoms with van der Waals surface area (Å²) in [6, 6.07) is 0. The molecule has 0 saturated carbocycles. The largest absolute Gasteiger partial charge is 0.379 e. The molecular formula is C16H26N4O3. The maximum absolute atomic E-state index is 12.2. The molecule has 2 aliphatic rings. The van der Waals surface area contributed by atoms with Crippen LogP contribution in [-0.2, 0) is 27.9 Å². The van der Waals surface area contributed by atoms with Crippen LogP contribution in [0.2, 0.25) is 0 Å². The third-order valence-corrected chi connectivity index (χ3v) is 4.86. The summed E-state index contributed by atoms with van der Waals surface area (Å²) in [4.78, 5) is 20.9. The fourth-order valence-electron chi connectivity index (χ4n) is 3.58. The highest BCUT2D eigenvalue weighted by Crippen LogP contribution is 2.34. The number of imidazole rings is 1. The molecule has 23 heavy (non-hydrogen) atoms. The number of aryl methyl sites for hydroxylation is 1. The Kier molecular flexibility index (Phi) is 4.99. The van der Waals surface area contributed by atoms with Gasteiger partial charge < -0.3 is 18.9 Å². The van der Waals surface area contributed by atoms with E-state index in [1.807, 2.05) is 24.3 Å². The van der Waals surface area contributed by atoms with Gasteiger partial charge in [0.05, 0.1) is 19.8 Å². The molecule has 0 bridgehead atoms. The maximum Gasteiger partial charge on any atom is 0.248 e. The van der Waals surface area contributed by atoms with Gasteiger partial charge in [0.2, 0.25) is 5.91 Å². The van der Waals surface area contributed by atoms with Crippen molar-refractivity contribution in [3.63, 3.8) is 0 Å². The van der Waals surface area contributed by atoms with Crippen LogP contribution in [0.5, 0.6) is 0 Å². The van der Waals surface area contributed by atoms with Crippen molar-refractivity contribution in [2.75, 3.05) is 53.1 Å². The van der Waals surface area contributed by atoms with Gasteiger partial charge in [0.15, 0.2) is 0 Å². The fraction of sp³-hybridized carbons (Fsp3) is 0.750. The number of carbonyl (C=O) groups excluding carboxylic acids is 1. The molecule has 3 rings (SSSR count). The maximum atomic E-state index is 12.2. The molecule has 1 aromatic heterocycles. The summed E-state index contributed by atoms with van der Waals surface area (Å²) in [7, 11) is 3.58. The van der Waals surface area contributed by atoms with Crippen LogP contribution in [0.1, 0.15) is 12.2 Å². The SMILES string of the molecule is COCC(=O)N1CCOC[C@@]2(CCN(Cc3nccn3C)C2)C1. The van der Waals surface area contributed by atoms with Crippen LogP contribution < -0.4 is 0 Å². The van der Waals surface area contributed by atoms with Crippen LogP contribution in [-0.4, -0.2) is 78.4 Å². The number of nitrogens with zero attached hydrogens (tertiary/aromatic N) is 4. The summed E-state index contributed by atoms with van der Waals surface area (Å²) >= 11 is 0. The Hall–Kier alpha value is -1.44. The van der Waals surface area contributed by atoms with Gasteiger partial charge in [-0.2, -0.15) is 0 Å². The van der Waals surface area contributed by atoms with Crippen LogP contribution in [0.15, 0.2) is 12.4 Å². The molecule has 0 aliphatic carbocycles. The van der Waals surface area contributed by atoms with Gasteiger partial charge in [0.25, 0.3) is 0 Å². The number of hydrogen-bond acceptors (Lipinski definition) is 5. The van der Waals surface area contributed by atoms with Gasteiger partial charge >= 0.3 is 0 Å². The number of carbonyl (C=O) groups is 1. The van der Waals surface area contributed by atoms with Crippen LogP contribution in [0, 0.1) is 5.41 Å². The van der Waals surface area contributed by atoms with Gasteiger partial charge in [0.1, 0.15) is 12.4 Å². The normalized spacial score (nSPS) is 25.9. The Bertz CT molecular complexity index is 547. The van der Waals surface area contributed by atoms with E-state index in [-0.39, 0.29) is 17.9 Å². The second-order valence-corrected chi connectivity index (χ2v) is 6.72. The molecule has 1 atom stereocenters. The van der Waals surface area contributed by atoms with Crippen LogP contribution >= 0.6 is 0 Å². The van der Waals surface area contributed by atoms with E-state index in [1.54, 1.807) is 7.11 Å². The molecule has 0 radical (unpaired) electrons. The third kappa shape index (κ3) is 3.73. The lowest BCUT2D eigenvalue weighted by Gasteiger charge is -2.31. The van der Waals surface area contributed by atoms with Gasteiger partial charge in [0, 0.05) is 51.6 Å². The fourth-order valence-corrected chi connectivity index (χ4v) is 3.58. The molecule has 2 aliphatic heterocycles. The van der Waals surface area contributed by atoms with E-state index in [2.05, 4.69) is 14.5 Å². The lowest BCUT2D eigenvalue weighted by Crippen LogP contribution is -2.44. The van der Waals surface area contributed by atoms with Gasteiger partial charge in [-0.15, -0.1) is 0 Å². The van der Waals surface area contributed by atoms with Gasteiger partial charge in [-0.25, -0.2) is 4.98 Å². The molecule has 0 unspecified atom stereocenters. The minimum absolute atomic E-state index is 0.0328. The van der Waals surface area contributed by atoms with Gasteiger partial charge in [-0.1, -0.05) is 0 Å². The van der Waals surface area contributed by atoms with Crippen molar-refractivity contribution < 1.29 is 14.3 Å². The summed E-state index contributed by atoms with van der Waals surface area (Å²) in [6.07, 6.45) is 4.86.